The van der Waals surface area contributed by atoms with Crippen LogP contribution in [0.2, 0.25) is 5.02 Å². The number of anilines is 3. The molecule has 0 unspecified atom stereocenters. The molecule has 2 aliphatic rings. The summed E-state index contributed by atoms with van der Waals surface area (Å²) in [6.07, 6.45) is 1.77. The van der Waals surface area contributed by atoms with Crippen molar-refractivity contribution in [3.8, 4) is 11.3 Å². The Morgan fingerprint density at radius 2 is 1.74 bits per heavy atom. The Labute approximate surface area is 210 Å². The third-order valence-corrected chi connectivity index (χ3v) is 6.80. The second-order valence-corrected chi connectivity index (χ2v) is 10.1. The third kappa shape index (κ3) is 5.18. The van der Waals surface area contributed by atoms with Crippen molar-refractivity contribution in [2.24, 2.45) is 0 Å². The molecule has 0 spiro atoms. The van der Waals surface area contributed by atoms with E-state index >= 15 is 0 Å². The van der Waals surface area contributed by atoms with Crippen molar-refractivity contribution in [1.29, 1.82) is 0 Å². The highest BCUT2D eigenvalue weighted by atomic mass is 35.5. The van der Waals surface area contributed by atoms with Crippen LogP contribution in [0.15, 0.2) is 42.6 Å². The zero-order chi connectivity index (χ0) is 24.6. The molecule has 0 N–H and O–H groups in total. The van der Waals surface area contributed by atoms with Gasteiger partial charge in [0.1, 0.15) is 17.5 Å². The topological polar surface area (TPSA) is 57.6 Å². The van der Waals surface area contributed by atoms with Crippen molar-refractivity contribution in [2.45, 2.75) is 26.4 Å². The molecule has 35 heavy (non-hydrogen) atoms. The van der Waals surface area contributed by atoms with Crippen LogP contribution in [0.1, 0.15) is 19.4 Å². The van der Waals surface area contributed by atoms with Crippen LogP contribution in [0, 0.1) is 12.7 Å². The molecule has 0 aliphatic carbocycles. The SMILES string of the molecule is Cc1cc(-c2cc(N3CCN(c4ncccc4Cl)CC3)nc(N3CCOC(C)(C)C3)n2)ccc1F. The molecular weight excluding hydrogens is 467 g/mol. The number of morpholine rings is 1. The number of aryl methyl sites for hydroxylation is 1. The first-order chi connectivity index (χ1) is 16.8. The molecule has 0 radical (unpaired) electrons. The molecule has 2 aromatic heterocycles. The van der Waals surface area contributed by atoms with E-state index in [9.17, 15) is 4.39 Å². The lowest BCUT2D eigenvalue weighted by Gasteiger charge is -2.39. The Hall–Kier alpha value is -2.97. The summed E-state index contributed by atoms with van der Waals surface area (Å²) in [6, 6.07) is 10.8. The lowest BCUT2D eigenvalue weighted by Crippen LogP contribution is -2.49. The minimum absolute atomic E-state index is 0.220. The molecule has 3 aromatic rings. The molecule has 9 heteroatoms. The summed E-state index contributed by atoms with van der Waals surface area (Å²) in [5, 5.41) is 0.661. The van der Waals surface area contributed by atoms with Crippen molar-refractivity contribution in [3.05, 3.63) is 59.0 Å². The van der Waals surface area contributed by atoms with Gasteiger partial charge in [0.25, 0.3) is 0 Å². The van der Waals surface area contributed by atoms with E-state index in [4.69, 9.17) is 26.3 Å². The number of nitrogens with zero attached hydrogens (tertiary/aromatic N) is 6. The lowest BCUT2D eigenvalue weighted by molar-refractivity contribution is -0.0281. The number of rotatable bonds is 4. The molecule has 7 nitrogen and oxygen atoms in total. The second kappa shape index (κ2) is 9.59. The highest BCUT2D eigenvalue weighted by molar-refractivity contribution is 6.32. The van der Waals surface area contributed by atoms with Gasteiger partial charge in [-0.1, -0.05) is 11.6 Å². The number of hydrogen-bond acceptors (Lipinski definition) is 7. The molecule has 0 bridgehead atoms. The third-order valence-electron chi connectivity index (χ3n) is 6.51. The highest BCUT2D eigenvalue weighted by Crippen LogP contribution is 2.30. The first-order valence-corrected chi connectivity index (χ1v) is 12.3. The number of hydrogen-bond donors (Lipinski definition) is 0. The summed E-state index contributed by atoms with van der Waals surface area (Å²) >= 11 is 6.37. The zero-order valence-corrected chi connectivity index (χ0v) is 21.1. The molecule has 4 heterocycles. The number of halogens is 2. The summed E-state index contributed by atoms with van der Waals surface area (Å²) in [6.45, 7) is 11.1. The fourth-order valence-electron chi connectivity index (χ4n) is 4.62. The van der Waals surface area contributed by atoms with Gasteiger partial charge in [-0.25, -0.2) is 14.4 Å². The van der Waals surface area contributed by atoms with E-state index in [0.29, 0.717) is 29.7 Å². The Morgan fingerprint density at radius 3 is 2.46 bits per heavy atom. The molecule has 5 rings (SSSR count). The summed E-state index contributed by atoms with van der Waals surface area (Å²) in [4.78, 5) is 21.0. The van der Waals surface area contributed by atoms with Gasteiger partial charge in [0.15, 0.2) is 0 Å². The maximum atomic E-state index is 14.0. The molecule has 2 aliphatic heterocycles. The fourth-order valence-corrected chi connectivity index (χ4v) is 4.86. The molecule has 0 saturated carbocycles. The van der Waals surface area contributed by atoms with E-state index < -0.39 is 0 Å². The lowest BCUT2D eigenvalue weighted by atomic mass is 10.1. The van der Waals surface area contributed by atoms with Crippen LogP contribution in [0.5, 0.6) is 0 Å². The second-order valence-electron chi connectivity index (χ2n) is 9.69. The van der Waals surface area contributed by atoms with Crippen LogP contribution >= 0.6 is 11.6 Å². The fraction of sp³-hybridized carbons (Fsp3) is 0.423. The molecule has 184 valence electrons. The van der Waals surface area contributed by atoms with Gasteiger partial charge in [0.2, 0.25) is 5.95 Å². The molecular formula is C26H30ClFN6O. The quantitative estimate of drug-likeness (QED) is 0.524. The zero-order valence-electron chi connectivity index (χ0n) is 20.3. The smallest absolute Gasteiger partial charge is 0.228 e. The standard InChI is InChI=1S/C26H30ClFN6O/c1-18-15-19(6-7-21(18)28)22-16-23(31-25(30-22)34-13-14-35-26(2,3)17-34)32-9-11-33(12-10-32)24-20(27)5-4-8-29-24/h4-8,15-16H,9-14,17H2,1-3H3. The summed E-state index contributed by atoms with van der Waals surface area (Å²) < 4.78 is 19.9. The average Bonchev–Trinajstić information content (AvgIpc) is 2.85. The van der Waals surface area contributed by atoms with Gasteiger partial charge in [-0.05, 0) is 56.7 Å². The summed E-state index contributed by atoms with van der Waals surface area (Å²) in [5.74, 6) is 2.13. The number of ether oxygens (including phenoxy) is 1. The van der Waals surface area contributed by atoms with E-state index in [2.05, 4.69) is 33.5 Å². The van der Waals surface area contributed by atoms with Gasteiger partial charge in [0, 0.05) is 57.1 Å². The van der Waals surface area contributed by atoms with Crippen molar-refractivity contribution >= 4 is 29.2 Å². The van der Waals surface area contributed by atoms with Crippen LogP contribution in [0.3, 0.4) is 0 Å². The molecule has 1 aromatic carbocycles. The molecule has 0 amide bonds. The van der Waals surface area contributed by atoms with Gasteiger partial charge in [-0.2, -0.15) is 4.98 Å². The van der Waals surface area contributed by atoms with E-state index in [1.54, 1.807) is 19.2 Å². The van der Waals surface area contributed by atoms with Gasteiger partial charge < -0.3 is 19.4 Å². The van der Waals surface area contributed by atoms with Crippen LogP contribution in [-0.4, -0.2) is 66.4 Å². The van der Waals surface area contributed by atoms with Crippen molar-refractivity contribution in [2.75, 3.05) is 60.6 Å². The van der Waals surface area contributed by atoms with Crippen LogP contribution in [0.4, 0.5) is 22.0 Å². The van der Waals surface area contributed by atoms with Crippen molar-refractivity contribution in [3.63, 3.8) is 0 Å². The molecule has 2 saturated heterocycles. The molecule has 2 fully saturated rings. The van der Waals surface area contributed by atoms with Gasteiger partial charge >= 0.3 is 0 Å². The number of benzene rings is 1. The maximum absolute atomic E-state index is 14.0. The number of aromatic nitrogens is 3. The van der Waals surface area contributed by atoms with Crippen LogP contribution in [0.25, 0.3) is 11.3 Å². The number of pyridine rings is 1. The Morgan fingerprint density at radius 1 is 0.971 bits per heavy atom. The van der Waals surface area contributed by atoms with Crippen molar-refractivity contribution < 1.29 is 9.13 Å². The molecule has 0 atom stereocenters. The Balaban J connectivity index is 1.45. The largest absolute Gasteiger partial charge is 0.372 e. The van der Waals surface area contributed by atoms with E-state index in [1.165, 1.54) is 6.07 Å². The minimum atomic E-state index is -0.280. The van der Waals surface area contributed by atoms with E-state index in [0.717, 1.165) is 55.6 Å². The van der Waals surface area contributed by atoms with Gasteiger partial charge in [0.05, 0.1) is 22.9 Å². The summed E-state index contributed by atoms with van der Waals surface area (Å²) in [5.41, 5.74) is 1.98. The Bertz CT molecular complexity index is 1210. The van der Waals surface area contributed by atoms with Gasteiger partial charge in [-0.15, -0.1) is 0 Å². The predicted molar refractivity (Wildman–Crippen MR) is 138 cm³/mol. The maximum Gasteiger partial charge on any atom is 0.228 e. The number of piperazine rings is 1. The average molecular weight is 497 g/mol. The summed E-state index contributed by atoms with van der Waals surface area (Å²) in [7, 11) is 0. The minimum Gasteiger partial charge on any atom is -0.372 e. The van der Waals surface area contributed by atoms with Gasteiger partial charge in [-0.3, -0.25) is 0 Å². The first-order valence-electron chi connectivity index (χ1n) is 11.9. The van der Waals surface area contributed by atoms with Crippen LogP contribution < -0.4 is 14.7 Å². The predicted octanol–water partition coefficient (Wildman–Crippen LogP) is 4.58. The van der Waals surface area contributed by atoms with E-state index in [-0.39, 0.29) is 11.4 Å². The van der Waals surface area contributed by atoms with Crippen molar-refractivity contribution in [1.82, 2.24) is 15.0 Å². The first kappa shape index (κ1) is 23.8. The van der Waals surface area contributed by atoms with Crippen LogP contribution in [-0.2, 0) is 4.74 Å². The van der Waals surface area contributed by atoms with E-state index in [1.807, 2.05) is 24.3 Å². The normalized spacial score (nSPS) is 18.1. The monoisotopic (exact) mass is 496 g/mol. The highest BCUT2D eigenvalue weighted by Gasteiger charge is 2.30. The Kier molecular flexibility index (Phi) is 6.51.